The van der Waals surface area contributed by atoms with Crippen LogP contribution in [0.2, 0.25) is 0 Å². The Hall–Kier alpha value is -1.06. The number of benzene rings is 1. The van der Waals surface area contributed by atoms with E-state index in [1.807, 2.05) is 0 Å². The number of carbonyl (C=O) groups excluding carboxylic acids is 1. The minimum atomic E-state index is 0. The Morgan fingerprint density at radius 1 is 1.24 bits per heavy atom. The first-order chi connectivity index (χ1) is 9.69. The molecule has 1 aromatic rings. The van der Waals surface area contributed by atoms with Crippen LogP contribution in [-0.2, 0) is 10.2 Å². The van der Waals surface area contributed by atoms with Crippen LogP contribution in [-0.4, -0.2) is 36.5 Å². The van der Waals surface area contributed by atoms with Gasteiger partial charge in [0.1, 0.15) is 0 Å². The number of halogens is 1. The maximum Gasteiger partial charge on any atom is 0.239 e. The van der Waals surface area contributed by atoms with E-state index in [-0.39, 0.29) is 23.9 Å². The third kappa shape index (κ3) is 3.41. The molecule has 2 aliphatic rings. The second kappa shape index (κ2) is 6.80. The number of carbonyl (C=O) groups is 1. The van der Waals surface area contributed by atoms with Crippen molar-refractivity contribution in [2.45, 2.75) is 44.1 Å². The van der Waals surface area contributed by atoms with E-state index in [0.29, 0.717) is 5.91 Å². The van der Waals surface area contributed by atoms with E-state index < -0.39 is 0 Å². The van der Waals surface area contributed by atoms with Crippen LogP contribution in [0.3, 0.4) is 0 Å². The van der Waals surface area contributed by atoms with E-state index in [2.05, 4.69) is 47.5 Å². The van der Waals surface area contributed by atoms with Gasteiger partial charge in [-0.2, -0.15) is 0 Å². The van der Waals surface area contributed by atoms with Crippen LogP contribution in [0, 0.1) is 0 Å². The molecule has 3 nitrogen and oxygen atoms in total. The highest BCUT2D eigenvalue weighted by atomic mass is 35.5. The SMILES string of the molecule is CC1(c2ccccc2)CCN(C(=O)C2CCCN2)CC1.Cl. The summed E-state index contributed by atoms with van der Waals surface area (Å²) in [4.78, 5) is 14.5. The van der Waals surface area contributed by atoms with Crippen LogP contribution in [0.15, 0.2) is 30.3 Å². The Kier molecular flexibility index (Phi) is 5.28. The normalized spacial score (nSPS) is 24.4. The number of nitrogens with zero attached hydrogens (tertiary/aromatic N) is 1. The molecule has 1 unspecified atom stereocenters. The Morgan fingerprint density at radius 3 is 2.48 bits per heavy atom. The molecule has 1 N–H and O–H groups in total. The summed E-state index contributed by atoms with van der Waals surface area (Å²) in [6, 6.07) is 10.8. The van der Waals surface area contributed by atoms with Crippen LogP contribution in [0.1, 0.15) is 38.2 Å². The summed E-state index contributed by atoms with van der Waals surface area (Å²) < 4.78 is 0. The van der Waals surface area contributed by atoms with Gasteiger partial charge in [-0.05, 0) is 43.2 Å². The average Bonchev–Trinajstić information content (AvgIpc) is 3.02. The molecule has 2 saturated heterocycles. The van der Waals surface area contributed by atoms with Crippen molar-refractivity contribution in [2.75, 3.05) is 19.6 Å². The van der Waals surface area contributed by atoms with Gasteiger partial charge in [-0.1, -0.05) is 37.3 Å². The van der Waals surface area contributed by atoms with Crippen molar-refractivity contribution in [1.29, 1.82) is 0 Å². The molecule has 2 aliphatic heterocycles. The highest BCUT2D eigenvalue weighted by molar-refractivity contribution is 5.85. The molecule has 3 rings (SSSR count). The van der Waals surface area contributed by atoms with Gasteiger partial charge in [0.2, 0.25) is 5.91 Å². The molecule has 1 amide bonds. The third-order valence-electron chi connectivity index (χ3n) is 5.01. The summed E-state index contributed by atoms with van der Waals surface area (Å²) in [6.07, 6.45) is 4.27. The molecule has 1 atom stereocenters. The molecular formula is C17H25ClN2O. The van der Waals surface area contributed by atoms with Crippen LogP contribution in [0.5, 0.6) is 0 Å². The van der Waals surface area contributed by atoms with Crippen LogP contribution in [0.4, 0.5) is 0 Å². The first kappa shape index (κ1) is 16.3. The highest BCUT2D eigenvalue weighted by Crippen LogP contribution is 2.35. The van der Waals surface area contributed by atoms with Gasteiger partial charge < -0.3 is 10.2 Å². The minimum absolute atomic E-state index is 0. The van der Waals surface area contributed by atoms with E-state index in [1.165, 1.54) is 5.56 Å². The number of rotatable bonds is 2. The smallest absolute Gasteiger partial charge is 0.239 e. The topological polar surface area (TPSA) is 32.3 Å². The molecular weight excluding hydrogens is 284 g/mol. The largest absolute Gasteiger partial charge is 0.341 e. The number of hydrogen-bond acceptors (Lipinski definition) is 2. The first-order valence-corrected chi connectivity index (χ1v) is 7.77. The van der Waals surface area contributed by atoms with Crippen molar-refractivity contribution in [1.82, 2.24) is 10.2 Å². The summed E-state index contributed by atoms with van der Waals surface area (Å²) >= 11 is 0. The molecule has 21 heavy (non-hydrogen) atoms. The van der Waals surface area contributed by atoms with Crippen molar-refractivity contribution in [3.8, 4) is 0 Å². The lowest BCUT2D eigenvalue weighted by Crippen LogP contribution is -2.49. The van der Waals surface area contributed by atoms with Crippen LogP contribution >= 0.6 is 12.4 Å². The number of hydrogen-bond donors (Lipinski definition) is 1. The third-order valence-corrected chi connectivity index (χ3v) is 5.01. The van der Waals surface area contributed by atoms with Crippen LogP contribution < -0.4 is 5.32 Å². The Balaban J connectivity index is 0.00000161. The second-order valence-corrected chi connectivity index (χ2v) is 6.40. The molecule has 0 aliphatic carbocycles. The number of likely N-dealkylation sites (tertiary alicyclic amines) is 1. The van der Waals surface area contributed by atoms with Crippen molar-refractivity contribution >= 4 is 18.3 Å². The van der Waals surface area contributed by atoms with Crippen molar-refractivity contribution in [2.24, 2.45) is 0 Å². The zero-order chi connectivity index (χ0) is 14.0. The van der Waals surface area contributed by atoms with E-state index in [4.69, 9.17) is 0 Å². The monoisotopic (exact) mass is 308 g/mol. The van der Waals surface area contributed by atoms with Gasteiger partial charge in [0.25, 0.3) is 0 Å². The molecule has 0 bridgehead atoms. The van der Waals surface area contributed by atoms with Crippen LogP contribution in [0.25, 0.3) is 0 Å². The Bertz CT molecular complexity index is 463. The lowest BCUT2D eigenvalue weighted by atomic mass is 9.74. The first-order valence-electron chi connectivity index (χ1n) is 7.77. The summed E-state index contributed by atoms with van der Waals surface area (Å²) in [5.74, 6) is 0.317. The maximum atomic E-state index is 12.4. The summed E-state index contributed by atoms with van der Waals surface area (Å²) in [6.45, 7) is 5.11. The van der Waals surface area contributed by atoms with E-state index >= 15 is 0 Å². The predicted octanol–water partition coefficient (Wildman–Crippen LogP) is 2.74. The molecule has 116 valence electrons. The van der Waals surface area contributed by atoms with Crippen molar-refractivity contribution < 1.29 is 4.79 Å². The fraction of sp³-hybridized carbons (Fsp3) is 0.588. The predicted molar refractivity (Wildman–Crippen MR) is 87.9 cm³/mol. The molecule has 2 fully saturated rings. The number of amides is 1. The van der Waals surface area contributed by atoms with Crippen molar-refractivity contribution in [3.05, 3.63) is 35.9 Å². The second-order valence-electron chi connectivity index (χ2n) is 6.40. The lowest BCUT2D eigenvalue weighted by Gasteiger charge is -2.40. The Morgan fingerprint density at radius 2 is 1.90 bits per heavy atom. The quantitative estimate of drug-likeness (QED) is 0.911. The van der Waals surface area contributed by atoms with Gasteiger partial charge in [-0.3, -0.25) is 4.79 Å². The van der Waals surface area contributed by atoms with Gasteiger partial charge in [-0.15, -0.1) is 12.4 Å². The number of nitrogens with one attached hydrogen (secondary N) is 1. The van der Waals surface area contributed by atoms with E-state index in [0.717, 1.165) is 45.3 Å². The Labute approximate surface area is 133 Å². The van der Waals surface area contributed by atoms with Gasteiger partial charge >= 0.3 is 0 Å². The summed E-state index contributed by atoms with van der Waals surface area (Å²) in [7, 11) is 0. The van der Waals surface area contributed by atoms with Gasteiger partial charge in [-0.25, -0.2) is 0 Å². The van der Waals surface area contributed by atoms with E-state index in [1.54, 1.807) is 0 Å². The maximum absolute atomic E-state index is 12.4. The molecule has 0 radical (unpaired) electrons. The highest BCUT2D eigenvalue weighted by Gasteiger charge is 2.35. The molecule has 4 heteroatoms. The fourth-order valence-corrected chi connectivity index (χ4v) is 3.47. The fourth-order valence-electron chi connectivity index (χ4n) is 3.47. The zero-order valence-corrected chi connectivity index (χ0v) is 13.5. The standard InChI is InChI=1S/C17H24N2O.ClH/c1-17(14-6-3-2-4-7-14)9-12-19(13-10-17)16(20)15-8-5-11-18-15;/h2-4,6-7,15,18H,5,8-13H2,1H3;1H. The van der Waals surface area contributed by atoms with Gasteiger partial charge in [0.15, 0.2) is 0 Å². The zero-order valence-electron chi connectivity index (χ0n) is 12.7. The summed E-state index contributed by atoms with van der Waals surface area (Å²) in [5, 5.41) is 3.31. The lowest BCUT2D eigenvalue weighted by molar-refractivity contribution is -0.134. The van der Waals surface area contributed by atoms with E-state index in [9.17, 15) is 4.79 Å². The number of piperidine rings is 1. The minimum Gasteiger partial charge on any atom is -0.341 e. The molecule has 0 spiro atoms. The molecule has 0 saturated carbocycles. The average molecular weight is 309 g/mol. The van der Waals surface area contributed by atoms with Gasteiger partial charge in [0.05, 0.1) is 6.04 Å². The molecule has 1 aromatic carbocycles. The molecule has 2 heterocycles. The summed E-state index contributed by atoms with van der Waals surface area (Å²) in [5.41, 5.74) is 1.63. The van der Waals surface area contributed by atoms with Crippen molar-refractivity contribution in [3.63, 3.8) is 0 Å². The van der Waals surface area contributed by atoms with Gasteiger partial charge in [0, 0.05) is 13.1 Å². The molecule has 0 aromatic heterocycles.